The van der Waals surface area contributed by atoms with Gasteiger partial charge in [0.2, 0.25) is 6.79 Å². The molecule has 1 saturated carbocycles. The third-order valence-corrected chi connectivity index (χ3v) is 6.08. The summed E-state index contributed by atoms with van der Waals surface area (Å²) < 4.78 is 22.6. The normalized spacial score (nSPS) is 25.5. The van der Waals surface area contributed by atoms with Crippen LogP contribution in [0.2, 0.25) is 0 Å². The Hall–Kier alpha value is -1.79. The Morgan fingerprint density at radius 1 is 1.19 bits per heavy atom. The number of fused-ring (bicyclic) bond motifs is 1. The van der Waals surface area contributed by atoms with Crippen molar-refractivity contribution in [2.45, 2.75) is 31.3 Å². The van der Waals surface area contributed by atoms with Gasteiger partial charge in [0.05, 0.1) is 13.1 Å². The number of rotatable bonds is 6. The molecular weight excluding hydrogens is 334 g/mol. The fourth-order valence-corrected chi connectivity index (χ4v) is 4.26. The lowest BCUT2D eigenvalue weighted by molar-refractivity contribution is -0.120. The summed E-state index contributed by atoms with van der Waals surface area (Å²) in [6, 6.07) is 5.38. The zero-order chi connectivity index (χ0) is 17.6. The highest BCUT2D eigenvalue weighted by Crippen LogP contribution is 2.43. The van der Waals surface area contributed by atoms with Crippen LogP contribution in [0.5, 0.6) is 11.5 Å². The van der Waals surface area contributed by atoms with Gasteiger partial charge in [-0.2, -0.15) is 0 Å². The summed E-state index contributed by atoms with van der Waals surface area (Å²) in [5.74, 6) is 2.68. The van der Waals surface area contributed by atoms with E-state index in [4.69, 9.17) is 18.9 Å². The molecule has 26 heavy (non-hydrogen) atoms. The van der Waals surface area contributed by atoms with E-state index in [1.165, 1.54) is 12.8 Å². The topological polar surface area (TPSA) is 57.2 Å². The van der Waals surface area contributed by atoms with E-state index in [0.29, 0.717) is 36.1 Å². The smallest absolute Gasteiger partial charge is 0.254 e. The first kappa shape index (κ1) is 16.4. The lowest BCUT2D eigenvalue weighted by Crippen LogP contribution is -2.66. The van der Waals surface area contributed by atoms with E-state index >= 15 is 0 Å². The number of carbonyl (C=O) groups excluding carboxylic acids is 1. The van der Waals surface area contributed by atoms with Crippen molar-refractivity contribution in [2.75, 3.05) is 39.7 Å². The van der Waals surface area contributed by atoms with E-state index in [0.717, 1.165) is 38.6 Å². The molecule has 1 aromatic carbocycles. The molecule has 1 amide bonds. The number of nitrogens with zero attached hydrogens (tertiary/aromatic N) is 1. The molecule has 1 spiro atoms. The highest BCUT2D eigenvalue weighted by atomic mass is 16.7. The summed E-state index contributed by atoms with van der Waals surface area (Å²) in [5.41, 5.74) is 0.487. The summed E-state index contributed by atoms with van der Waals surface area (Å²) in [4.78, 5) is 14.6. The summed E-state index contributed by atoms with van der Waals surface area (Å²) in [5, 5.41) is 0. The molecule has 4 aliphatic rings. The number of hydrogen-bond donors (Lipinski definition) is 0. The van der Waals surface area contributed by atoms with E-state index in [1.54, 1.807) is 18.2 Å². The Bertz CT molecular complexity index is 695. The zero-order valence-corrected chi connectivity index (χ0v) is 14.9. The van der Waals surface area contributed by atoms with Crippen molar-refractivity contribution in [3.8, 4) is 11.5 Å². The Kier molecular flexibility index (Phi) is 4.05. The number of ether oxygens (including phenoxy) is 4. The van der Waals surface area contributed by atoms with Gasteiger partial charge in [0.15, 0.2) is 11.5 Å². The molecule has 3 aliphatic heterocycles. The first-order valence-electron chi connectivity index (χ1n) is 9.64. The van der Waals surface area contributed by atoms with Crippen LogP contribution in [-0.4, -0.2) is 56.1 Å². The third-order valence-electron chi connectivity index (χ3n) is 6.08. The standard InChI is InChI=1S/C20H25NO5/c22-19(15-3-4-17-18(9-15)25-13-24-17)21-11-20(12-21)16(6-8-26-20)5-7-23-10-14-1-2-14/h3-4,9,14,16H,1-2,5-8,10-13H2/t16-/m1/s1. The molecule has 0 radical (unpaired) electrons. The van der Waals surface area contributed by atoms with Crippen LogP contribution in [0.1, 0.15) is 36.0 Å². The van der Waals surface area contributed by atoms with Crippen LogP contribution in [0.3, 0.4) is 0 Å². The van der Waals surface area contributed by atoms with Crippen molar-refractivity contribution in [1.82, 2.24) is 4.90 Å². The van der Waals surface area contributed by atoms with E-state index in [9.17, 15) is 4.79 Å². The molecule has 3 fully saturated rings. The van der Waals surface area contributed by atoms with Gasteiger partial charge in [-0.25, -0.2) is 0 Å². The van der Waals surface area contributed by atoms with Gasteiger partial charge in [0.1, 0.15) is 5.60 Å². The van der Waals surface area contributed by atoms with Gasteiger partial charge < -0.3 is 23.8 Å². The average Bonchev–Trinajstić information content (AvgIpc) is 3.16. The monoisotopic (exact) mass is 359 g/mol. The second-order valence-corrected chi connectivity index (χ2v) is 7.94. The van der Waals surface area contributed by atoms with Crippen LogP contribution in [0.25, 0.3) is 0 Å². The van der Waals surface area contributed by atoms with Gasteiger partial charge in [-0.05, 0) is 55.7 Å². The number of amides is 1. The van der Waals surface area contributed by atoms with Crippen molar-refractivity contribution in [1.29, 1.82) is 0 Å². The van der Waals surface area contributed by atoms with Crippen LogP contribution < -0.4 is 9.47 Å². The molecule has 1 aliphatic carbocycles. The van der Waals surface area contributed by atoms with E-state index in [1.807, 2.05) is 4.90 Å². The van der Waals surface area contributed by atoms with E-state index < -0.39 is 0 Å². The maximum Gasteiger partial charge on any atom is 0.254 e. The van der Waals surface area contributed by atoms with Gasteiger partial charge in [0.25, 0.3) is 5.91 Å². The quantitative estimate of drug-likeness (QED) is 0.731. The van der Waals surface area contributed by atoms with Crippen LogP contribution in [0.15, 0.2) is 18.2 Å². The number of carbonyl (C=O) groups is 1. The molecule has 0 N–H and O–H groups in total. The molecular formula is C20H25NO5. The Balaban J connectivity index is 1.16. The molecule has 0 bridgehead atoms. The van der Waals surface area contributed by atoms with E-state index in [-0.39, 0.29) is 18.3 Å². The molecule has 6 nitrogen and oxygen atoms in total. The van der Waals surface area contributed by atoms with Crippen LogP contribution in [0, 0.1) is 11.8 Å². The van der Waals surface area contributed by atoms with Gasteiger partial charge in [-0.3, -0.25) is 4.79 Å². The molecule has 6 heteroatoms. The summed E-state index contributed by atoms with van der Waals surface area (Å²) in [6.07, 6.45) is 4.75. The highest BCUT2D eigenvalue weighted by molar-refractivity contribution is 5.95. The second kappa shape index (κ2) is 6.43. The number of likely N-dealkylation sites (tertiary alicyclic amines) is 1. The van der Waals surface area contributed by atoms with Crippen molar-refractivity contribution in [3.05, 3.63) is 23.8 Å². The Morgan fingerprint density at radius 3 is 2.88 bits per heavy atom. The van der Waals surface area contributed by atoms with Crippen LogP contribution in [-0.2, 0) is 9.47 Å². The Morgan fingerprint density at radius 2 is 2.04 bits per heavy atom. The van der Waals surface area contributed by atoms with Crippen LogP contribution in [0.4, 0.5) is 0 Å². The first-order chi connectivity index (χ1) is 12.7. The van der Waals surface area contributed by atoms with E-state index in [2.05, 4.69) is 0 Å². The molecule has 5 rings (SSSR count). The first-order valence-corrected chi connectivity index (χ1v) is 9.64. The minimum atomic E-state index is -0.158. The van der Waals surface area contributed by atoms with Crippen molar-refractivity contribution >= 4 is 5.91 Å². The molecule has 0 unspecified atom stereocenters. The molecule has 2 saturated heterocycles. The van der Waals surface area contributed by atoms with Gasteiger partial charge in [-0.15, -0.1) is 0 Å². The predicted octanol–water partition coefficient (Wildman–Crippen LogP) is 2.46. The molecule has 1 atom stereocenters. The summed E-state index contributed by atoms with van der Waals surface area (Å²) in [7, 11) is 0. The zero-order valence-electron chi connectivity index (χ0n) is 14.9. The maximum atomic E-state index is 12.8. The average molecular weight is 359 g/mol. The van der Waals surface area contributed by atoms with Crippen molar-refractivity contribution in [3.63, 3.8) is 0 Å². The minimum absolute atomic E-state index is 0.0353. The second-order valence-electron chi connectivity index (χ2n) is 7.94. The largest absolute Gasteiger partial charge is 0.454 e. The van der Waals surface area contributed by atoms with Gasteiger partial charge >= 0.3 is 0 Å². The molecule has 1 aromatic rings. The SMILES string of the molecule is O=C(c1ccc2c(c1)OCO2)N1CC2(C1)OCC[C@H]2CCOCC1CC1. The predicted molar refractivity (Wildman–Crippen MR) is 93.4 cm³/mol. The van der Waals surface area contributed by atoms with Crippen molar-refractivity contribution in [2.24, 2.45) is 11.8 Å². The number of benzene rings is 1. The molecule has 3 heterocycles. The molecule has 0 aromatic heterocycles. The third kappa shape index (κ3) is 2.95. The van der Waals surface area contributed by atoms with Gasteiger partial charge in [0, 0.05) is 25.4 Å². The number of hydrogen-bond acceptors (Lipinski definition) is 5. The van der Waals surface area contributed by atoms with Crippen LogP contribution >= 0.6 is 0 Å². The summed E-state index contributed by atoms with van der Waals surface area (Å²) in [6.45, 7) is 4.08. The fraction of sp³-hybridized carbons (Fsp3) is 0.650. The molecule has 140 valence electrons. The fourth-order valence-electron chi connectivity index (χ4n) is 4.26. The lowest BCUT2D eigenvalue weighted by Gasteiger charge is -2.50. The maximum absolute atomic E-state index is 12.8. The minimum Gasteiger partial charge on any atom is -0.454 e. The Labute approximate surface area is 153 Å². The lowest BCUT2D eigenvalue weighted by atomic mass is 9.79. The van der Waals surface area contributed by atoms with Crippen molar-refractivity contribution < 1.29 is 23.7 Å². The summed E-state index contributed by atoms with van der Waals surface area (Å²) >= 11 is 0. The van der Waals surface area contributed by atoms with Gasteiger partial charge in [-0.1, -0.05) is 0 Å². The highest BCUT2D eigenvalue weighted by Gasteiger charge is 2.54.